The predicted molar refractivity (Wildman–Crippen MR) is 59.2 cm³/mol. The van der Waals surface area contributed by atoms with Crippen LogP contribution in [0.5, 0.6) is 0 Å². The van der Waals surface area contributed by atoms with Gasteiger partial charge in [0.2, 0.25) is 0 Å². The predicted octanol–water partition coefficient (Wildman–Crippen LogP) is 1.88. The van der Waals surface area contributed by atoms with Crippen LogP contribution in [0.4, 0.5) is 5.82 Å². The molecule has 0 bridgehead atoms. The second kappa shape index (κ2) is 3.08. The molecule has 3 rings (SSSR count). The van der Waals surface area contributed by atoms with Crippen LogP contribution in [0.3, 0.4) is 0 Å². The average Bonchev–Trinajstić information content (AvgIpc) is 2.85. The lowest BCUT2D eigenvalue weighted by Gasteiger charge is -2.02. The summed E-state index contributed by atoms with van der Waals surface area (Å²) in [5.41, 5.74) is 9.18. The van der Waals surface area contributed by atoms with Crippen molar-refractivity contribution < 1.29 is 0 Å². The Morgan fingerprint density at radius 2 is 2.27 bits per heavy atom. The monoisotopic (exact) mass is 200 g/mol. The lowest BCUT2D eigenvalue weighted by atomic mass is 10.2. The second-order valence-corrected chi connectivity index (χ2v) is 3.78. The van der Waals surface area contributed by atoms with Crippen molar-refractivity contribution in [1.82, 2.24) is 14.6 Å². The Balaban J connectivity index is 2.24. The Bertz CT molecular complexity index is 539. The van der Waals surface area contributed by atoms with E-state index in [9.17, 15) is 0 Å². The maximum Gasteiger partial charge on any atom is 0.151 e. The number of fused-ring (bicyclic) bond motifs is 1. The van der Waals surface area contributed by atoms with Gasteiger partial charge in [0.15, 0.2) is 5.82 Å². The van der Waals surface area contributed by atoms with E-state index in [4.69, 9.17) is 5.73 Å². The van der Waals surface area contributed by atoms with E-state index in [1.165, 1.54) is 24.7 Å². The van der Waals surface area contributed by atoms with Crippen LogP contribution in [-0.4, -0.2) is 14.6 Å². The van der Waals surface area contributed by atoms with Crippen molar-refractivity contribution in [2.75, 3.05) is 5.73 Å². The van der Waals surface area contributed by atoms with Gasteiger partial charge in [-0.25, -0.2) is 9.50 Å². The number of hydrogen-bond acceptors (Lipinski definition) is 3. The van der Waals surface area contributed by atoms with Crippen molar-refractivity contribution in [2.45, 2.75) is 19.3 Å². The number of hydrogen-bond donors (Lipinski definition) is 1. The summed E-state index contributed by atoms with van der Waals surface area (Å²) < 4.78 is 1.87. The second-order valence-electron chi connectivity index (χ2n) is 3.78. The number of nitrogens with two attached hydrogens (primary N) is 1. The van der Waals surface area contributed by atoms with E-state index < -0.39 is 0 Å². The molecule has 0 aliphatic heterocycles. The lowest BCUT2D eigenvalue weighted by molar-refractivity contribution is 0.881. The van der Waals surface area contributed by atoms with Gasteiger partial charge in [-0.15, -0.1) is 0 Å². The first kappa shape index (κ1) is 8.47. The lowest BCUT2D eigenvalue weighted by Crippen LogP contribution is -2.01. The molecular formula is C11H12N4. The van der Waals surface area contributed by atoms with Gasteiger partial charge in [-0.2, -0.15) is 5.10 Å². The largest absolute Gasteiger partial charge is 0.382 e. The Kier molecular flexibility index (Phi) is 1.74. The first-order valence-corrected chi connectivity index (χ1v) is 5.14. The van der Waals surface area contributed by atoms with Gasteiger partial charge in [0.05, 0.1) is 5.69 Å². The fourth-order valence-electron chi connectivity index (χ4n) is 2.10. The molecule has 0 saturated carbocycles. The molecule has 4 nitrogen and oxygen atoms in total. The fraction of sp³-hybridized carbons (Fsp3) is 0.273. The molecule has 0 amide bonds. The third kappa shape index (κ3) is 1.21. The maximum atomic E-state index is 5.78. The van der Waals surface area contributed by atoms with Gasteiger partial charge in [-0.1, -0.05) is 6.08 Å². The van der Waals surface area contributed by atoms with Gasteiger partial charge in [0, 0.05) is 0 Å². The molecule has 0 saturated heterocycles. The molecule has 1 aliphatic carbocycles. The third-order valence-corrected chi connectivity index (χ3v) is 2.85. The van der Waals surface area contributed by atoms with Crippen LogP contribution < -0.4 is 5.73 Å². The van der Waals surface area contributed by atoms with Gasteiger partial charge < -0.3 is 5.73 Å². The first-order valence-electron chi connectivity index (χ1n) is 5.14. The summed E-state index contributed by atoms with van der Waals surface area (Å²) in [7, 11) is 0. The number of nitrogen functional groups attached to an aromatic ring is 1. The van der Waals surface area contributed by atoms with E-state index >= 15 is 0 Å². The number of rotatable bonds is 1. The van der Waals surface area contributed by atoms with Crippen LogP contribution in [0, 0.1) is 0 Å². The highest BCUT2D eigenvalue weighted by atomic mass is 15.3. The Morgan fingerprint density at radius 3 is 3.07 bits per heavy atom. The molecule has 0 unspecified atom stereocenters. The minimum Gasteiger partial charge on any atom is -0.382 e. The van der Waals surface area contributed by atoms with Crippen molar-refractivity contribution in [3.8, 4) is 0 Å². The van der Waals surface area contributed by atoms with E-state index in [1.54, 1.807) is 0 Å². The zero-order chi connectivity index (χ0) is 10.3. The van der Waals surface area contributed by atoms with Crippen molar-refractivity contribution in [3.05, 3.63) is 30.2 Å². The van der Waals surface area contributed by atoms with Crippen molar-refractivity contribution in [3.63, 3.8) is 0 Å². The molecule has 0 radical (unpaired) electrons. The van der Waals surface area contributed by atoms with Gasteiger partial charge in [-0.05, 0) is 37.0 Å². The van der Waals surface area contributed by atoms with E-state index in [0.717, 1.165) is 17.6 Å². The smallest absolute Gasteiger partial charge is 0.151 e. The topological polar surface area (TPSA) is 56.2 Å². The molecule has 2 N–H and O–H groups in total. The van der Waals surface area contributed by atoms with Crippen molar-refractivity contribution in [1.29, 1.82) is 0 Å². The number of aromatic nitrogens is 3. The van der Waals surface area contributed by atoms with Gasteiger partial charge in [0.1, 0.15) is 11.8 Å². The highest BCUT2D eigenvalue weighted by Crippen LogP contribution is 2.28. The summed E-state index contributed by atoms with van der Waals surface area (Å²) in [5, 5.41) is 4.23. The average molecular weight is 200 g/mol. The number of anilines is 1. The van der Waals surface area contributed by atoms with Gasteiger partial charge >= 0.3 is 0 Å². The highest BCUT2D eigenvalue weighted by molar-refractivity contribution is 5.73. The molecule has 0 fully saturated rings. The SMILES string of the molecule is Nc1ncnn2c(C3=CCCC3)ccc12. The van der Waals surface area contributed by atoms with Crippen LogP contribution >= 0.6 is 0 Å². The summed E-state index contributed by atoms with van der Waals surface area (Å²) in [6.45, 7) is 0. The standard InChI is InChI=1S/C11H12N4/c12-11-10-6-5-9(8-3-1-2-4-8)15(10)14-7-13-11/h3,5-7H,1-2,4H2,(H2,12,13,14). The molecule has 15 heavy (non-hydrogen) atoms. The maximum absolute atomic E-state index is 5.78. The molecule has 1 aliphatic rings. The Morgan fingerprint density at radius 1 is 1.33 bits per heavy atom. The number of nitrogens with zero attached hydrogens (tertiary/aromatic N) is 3. The summed E-state index contributed by atoms with van der Waals surface area (Å²) in [6, 6.07) is 4.04. The normalized spacial score (nSPS) is 15.9. The minimum atomic E-state index is 0.537. The van der Waals surface area contributed by atoms with Crippen molar-refractivity contribution in [2.24, 2.45) is 0 Å². The van der Waals surface area contributed by atoms with Gasteiger partial charge in [-0.3, -0.25) is 0 Å². The minimum absolute atomic E-state index is 0.537. The van der Waals surface area contributed by atoms with E-state index in [0.29, 0.717) is 5.82 Å². The fourth-order valence-corrected chi connectivity index (χ4v) is 2.10. The molecule has 2 heterocycles. The van der Waals surface area contributed by atoms with Crippen LogP contribution in [0.1, 0.15) is 25.0 Å². The molecular weight excluding hydrogens is 188 g/mol. The van der Waals surface area contributed by atoms with Crippen LogP contribution in [0.15, 0.2) is 24.5 Å². The van der Waals surface area contributed by atoms with Crippen molar-refractivity contribution >= 4 is 16.9 Å². The van der Waals surface area contributed by atoms with E-state index in [2.05, 4.69) is 22.2 Å². The molecule has 4 heteroatoms. The highest BCUT2D eigenvalue weighted by Gasteiger charge is 2.12. The molecule has 2 aromatic rings. The Labute approximate surface area is 87.4 Å². The third-order valence-electron chi connectivity index (χ3n) is 2.85. The molecule has 0 atom stereocenters. The van der Waals surface area contributed by atoms with Crippen LogP contribution in [-0.2, 0) is 0 Å². The van der Waals surface area contributed by atoms with Crippen LogP contribution in [0.2, 0.25) is 0 Å². The van der Waals surface area contributed by atoms with Crippen LogP contribution in [0.25, 0.3) is 11.1 Å². The quantitative estimate of drug-likeness (QED) is 0.764. The zero-order valence-electron chi connectivity index (χ0n) is 8.35. The van der Waals surface area contributed by atoms with E-state index in [-0.39, 0.29) is 0 Å². The molecule has 76 valence electrons. The Hall–Kier alpha value is -1.84. The summed E-state index contributed by atoms with van der Waals surface area (Å²) in [5.74, 6) is 0.537. The summed E-state index contributed by atoms with van der Waals surface area (Å²) in [6.07, 6.45) is 7.32. The number of allylic oxidation sites excluding steroid dienone is 2. The molecule has 0 spiro atoms. The molecule has 2 aromatic heterocycles. The van der Waals surface area contributed by atoms with Gasteiger partial charge in [0.25, 0.3) is 0 Å². The zero-order valence-corrected chi connectivity index (χ0v) is 8.35. The summed E-state index contributed by atoms with van der Waals surface area (Å²) in [4.78, 5) is 3.97. The summed E-state index contributed by atoms with van der Waals surface area (Å²) >= 11 is 0. The molecule has 0 aromatic carbocycles. The van der Waals surface area contributed by atoms with E-state index in [1.807, 2.05) is 10.6 Å². The first-order chi connectivity index (χ1) is 7.36.